The van der Waals surface area contributed by atoms with E-state index in [1.807, 2.05) is 47.7 Å². The van der Waals surface area contributed by atoms with Crippen molar-refractivity contribution < 1.29 is 14.5 Å². The molecule has 5 rings (SSSR count). The van der Waals surface area contributed by atoms with E-state index in [1.165, 1.54) is 24.1 Å². The van der Waals surface area contributed by atoms with Gasteiger partial charge in [0, 0.05) is 46.6 Å². The lowest BCUT2D eigenvalue weighted by Gasteiger charge is -2.20. The van der Waals surface area contributed by atoms with Gasteiger partial charge < -0.3 is 9.64 Å². The number of nitrogens with zero attached hydrogens (tertiary/aromatic N) is 6. The fraction of sp³-hybridized carbons (Fsp3) is 0.259. The Bertz CT molecular complexity index is 1570. The number of fused-ring (bicyclic) bond motifs is 3. The van der Waals surface area contributed by atoms with E-state index in [0.717, 1.165) is 44.6 Å². The van der Waals surface area contributed by atoms with Gasteiger partial charge in [-0.2, -0.15) is 0 Å². The van der Waals surface area contributed by atoms with Crippen LogP contribution in [0.2, 0.25) is 0 Å². The monoisotopic (exact) mass is 530 g/mol. The van der Waals surface area contributed by atoms with Crippen LogP contribution in [0.15, 0.2) is 53.5 Å². The van der Waals surface area contributed by atoms with Gasteiger partial charge in [-0.1, -0.05) is 12.1 Å². The number of rotatable bonds is 6. The number of benzene rings is 2. The van der Waals surface area contributed by atoms with Crippen molar-refractivity contribution in [2.24, 2.45) is 4.99 Å². The first-order chi connectivity index (χ1) is 18.2. The zero-order valence-corrected chi connectivity index (χ0v) is 22.4. The van der Waals surface area contributed by atoms with Crippen LogP contribution in [-0.4, -0.2) is 45.5 Å². The molecule has 0 saturated heterocycles. The molecule has 0 amide bonds. The molecule has 38 heavy (non-hydrogen) atoms. The number of esters is 1. The summed E-state index contributed by atoms with van der Waals surface area (Å²) in [6.45, 7) is 6.06. The number of aromatic nitrogens is 3. The van der Waals surface area contributed by atoms with Crippen LogP contribution >= 0.6 is 11.3 Å². The maximum Gasteiger partial charge on any atom is 0.308 e. The van der Waals surface area contributed by atoms with E-state index in [9.17, 15) is 14.9 Å². The number of methoxy groups -OCH3 is 1. The van der Waals surface area contributed by atoms with Crippen molar-refractivity contribution in [2.45, 2.75) is 33.2 Å². The second-order valence-corrected chi connectivity index (χ2v) is 10.3. The number of hydrogen-bond acceptors (Lipinski definition) is 9. The molecule has 194 valence electrons. The maximum absolute atomic E-state index is 12.3. The summed E-state index contributed by atoms with van der Waals surface area (Å²) >= 11 is 1.65. The van der Waals surface area contributed by atoms with Gasteiger partial charge in [0.15, 0.2) is 5.82 Å². The minimum Gasteiger partial charge on any atom is -0.469 e. The van der Waals surface area contributed by atoms with Gasteiger partial charge in [0.05, 0.1) is 24.2 Å². The number of nitro groups is 1. The minimum atomic E-state index is -0.555. The van der Waals surface area contributed by atoms with E-state index in [2.05, 4.69) is 24.0 Å². The van der Waals surface area contributed by atoms with Gasteiger partial charge in [0.1, 0.15) is 16.9 Å². The zero-order valence-electron chi connectivity index (χ0n) is 21.6. The predicted molar refractivity (Wildman–Crippen MR) is 146 cm³/mol. The first-order valence-corrected chi connectivity index (χ1v) is 12.8. The van der Waals surface area contributed by atoms with E-state index in [0.29, 0.717) is 5.82 Å². The summed E-state index contributed by atoms with van der Waals surface area (Å²) < 4.78 is 6.96. The molecule has 0 bridgehead atoms. The molecule has 3 heterocycles. The van der Waals surface area contributed by atoms with Crippen LogP contribution < -0.4 is 4.90 Å². The molecule has 0 saturated carbocycles. The van der Waals surface area contributed by atoms with Gasteiger partial charge in [0.25, 0.3) is 5.69 Å². The first-order valence-electron chi connectivity index (χ1n) is 12.0. The van der Waals surface area contributed by atoms with Gasteiger partial charge in [-0.15, -0.1) is 21.5 Å². The molecule has 0 unspecified atom stereocenters. The van der Waals surface area contributed by atoms with Crippen LogP contribution in [0.25, 0.3) is 5.00 Å². The Morgan fingerprint density at radius 3 is 2.32 bits per heavy atom. The summed E-state index contributed by atoms with van der Waals surface area (Å²) in [5.41, 5.74) is 5.59. The largest absolute Gasteiger partial charge is 0.469 e. The first kappa shape index (κ1) is 25.3. The smallest absolute Gasteiger partial charge is 0.308 e. The molecule has 0 aliphatic carbocycles. The molecule has 10 nitrogen and oxygen atoms in total. The number of ether oxygens (including phenoxy) is 1. The lowest BCUT2D eigenvalue weighted by atomic mass is 9.99. The Balaban J connectivity index is 1.58. The number of thiophene rings is 1. The Hall–Kier alpha value is -4.38. The summed E-state index contributed by atoms with van der Waals surface area (Å²) in [4.78, 5) is 31.1. The predicted octanol–water partition coefficient (Wildman–Crippen LogP) is 5.39. The number of hydrogen-bond donors (Lipinski definition) is 0. The van der Waals surface area contributed by atoms with Crippen molar-refractivity contribution in [1.82, 2.24) is 14.8 Å². The number of aryl methyl sites for hydroxylation is 2. The fourth-order valence-electron chi connectivity index (χ4n) is 4.56. The van der Waals surface area contributed by atoms with Crippen molar-refractivity contribution in [2.75, 3.05) is 19.1 Å². The molecule has 0 fully saturated rings. The number of carbonyl (C=O) groups excluding carboxylic acids is 1. The molecule has 2 aromatic carbocycles. The van der Waals surface area contributed by atoms with E-state index in [-0.39, 0.29) is 18.1 Å². The average molecular weight is 531 g/mol. The summed E-state index contributed by atoms with van der Waals surface area (Å²) in [6.07, 6.45) is 0.0477. The molecule has 1 aliphatic rings. The Kier molecular flexibility index (Phi) is 6.53. The summed E-state index contributed by atoms with van der Waals surface area (Å²) in [7, 11) is 3.27. The van der Waals surface area contributed by atoms with Gasteiger partial charge in [0.2, 0.25) is 0 Å². The highest BCUT2D eigenvalue weighted by Gasteiger charge is 2.32. The molecular weight excluding hydrogens is 504 g/mol. The van der Waals surface area contributed by atoms with Gasteiger partial charge >= 0.3 is 5.97 Å². The van der Waals surface area contributed by atoms with Crippen LogP contribution in [0.3, 0.4) is 0 Å². The van der Waals surface area contributed by atoms with Crippen LogP contribution in [0, 0.1) is 30.9 Å². The van der Waals surface area contributed by atoms with E-state index in [4.69, 9.17) is 9.73 Å². The van der Waals surface area contributed by atoms with Crippen LogP contribution in [0.1, 0.15) is 45.7 Å². The lowest BCUT2D eigenvalue weighted by molar-refractivity contribution is -0.384. The third kappa shape index (κ3) is 4.34. The SMILES string of the molecule is COC(=O)C[C@@H]1N=C(c2ccc(N(C)c3ccc([N+](=O)[O-])cc3)cc2)c2c(sc(C)c2C)-n2c(C)nnc21. The van der Waals surface area contributed by atoms with E-state index in [1.54, 1.807) is 23.5 Å². The zero-order chi connectivity index (χ0) is 27.1. The quantitative estimate of drug-likeness (QED) is 0.187. The van der Waals surface area contributed by atoms with E-state index < -0.39 is 11.0 Å². The molecule has 0 N–H and O–H groups in total. The Morgan fingerprint density at radius 2 is 1.71 bits per heavy atom. The molecule has 0 radical (unpaired) electrons. The normalized spacial score (nSPS) is 14.2. The minimum absolute atomic E-state index is 0.0477. The number of aliphatic imine (C=N–C) groups is 1. The molecule has 1 atom stereocenters. The summed E-state index contributed by atoms with van der Waals surface area (Å²) in [5, 5.41) is 20.7. The van der Waals surface area contributed by atoms with Gasteiger partial charge in [-0.3, -0.25) is 24.5 Å². The maximum atomic E-state index is 12.3. The van der Waals surface area contributed by atoms with Crippen molar-refractivity contribution in [3.05, 3.63) is 91.9 Å². The van der Waals surface area contributed by atoms with Gasteiger partial charge in [-0.25, -0.2) is 0 Å². The van der Waals surface area contributed by atoms with Crippen molar-refractivity contribution in [3.8, 4) is 5.00 Å². The topological polar surface area (TPSA) is 116 Å². The van der Waals surface area contributed by atoms with Crippen molar-refractivity contribution in [3.63, 3.8) is 0 Å². The highest BCUT2D eigenvalue weighted by molar-refractivity contribution is 7.15. The Labute approximate surface area is 223 Å². The molecular formula is C27H26N6O4S. The van der Waals surface area contributed by atoms with Crippen molar-refractivity contribution in [1.29, 1.82) is 0 Å². The van der Waals surface area contributed by atoms with Crippen LogP contribution in [0.4, 0.5) is 17.1 Å². The Morgan fingerprint density at radius 1 is 1.08 bits per heavy atom. The second kappa shape index (κ2) is 9.82. The molecule has 2 aromatic heterocycles. The second-order valence-electron chi connectivity index (χ2n) is 9.06. The molecule has 4 aromatic rings. The highest BCUT2D eigenvalue weighted by atomic mass is 32.1. The molecule has 0 spiro atoms. The third-order valence-corrected chi connectivity index (χ3v) is 8.00. The standard InChI is InChI=1S/C27H26N6O4S/c1-15-16(2)38-27-24(15)25(28-22(14-23(34)37-5)26-30-29-17(3)32(26)27)18-6-8-19(9-7-18)31(4)20-10-12-21(13-11-20)33(35)36/h6-13,22H,14H2,1-5H3/t22-/m0/s1. The summed E-state index contributed by atoms with van der Waals surface area (Å²) in [6, 6.07) is 13.8. The third-order valence-electron chi connectivity index (χ3n) is 6.80. The molecule has 1 aliphatic heterocycles. The van der Waals surface area contributed by atoms with Crippen LogP contribution in [-0.2, 0) is 9.53 Å². The number of nitro benzene ring substituents is 1. The lowest BCUT2D eigenvalue weighted by Crippen LogP contribution is -2.12. The molecule has 11 heteroatoms. The number of carbonyl (C=O) groups is 1. The average Bonchev–Trinajstić information content (AvgIpc) is 3.40. The number of anilines is 2. The fourth-order valence-corrected chi connectivity index (χ4v) is 5.77. The van der Waals surface area contributed by atoms with E-state index >= 15 is 0 Å². The van der Waals surface area contributed by atoms with Crippen molar-refractivity contribution >= 4 is 40.1 Å². The number of non-ortho nitro benzene ring substituents is 1. The van der Waals surface area contributed by atoms with Crippen LogP contribution in [0.5, 0.6) is 0 Å². The summed E-state index contributed by atoms with van der Waals surface area (Å²) in [5.74, 6) is 0.970. The van der Waals surface area contributed by atoms with Gasteiger partial charge in [-0.05, 0) is 50.6 Å². The highest BCUT2D eigenvalue weighted by Crippen LogP contribution is 2.40.